The first-order valence-electron chi connectivity index (χ1n) is 4.83. The summed E-state index contributed by atoms with van der Waals surface area (Å²) in [6.45, 7) is 0.525. The van der Waals surface area contributed by atoms with Crippen molar-refractivity contribution in [3.63, 3.8) is 0 Å². The molecule has 1 amide bonds. The molecule has 2 rings (SSSR count). The van der Waals surface area contributed by atoms with Gasteiger partial charge in [0.25, 0.3) is 5.69 Å². The normalized spacial score (nSPS) is 19.0. The first-order chi connectivity index (χ1) is 7.59. The lowest BCUT2D eigenvalue weighted by atomic mass is 9.95. The first-order valence-corrected chi connectivity index (χ1v) is 4.83. The molecule has 1 N–H and O–H groups in total. The average molecular weight is 222 g/mol. The third kappa shape index (κ3) is 1.69. The zero-order valence-corrected chi connectivity index (χ0v) is 8.37. The topological polar surface area (TPSA) is 83.7 Å². The van der Waals surface area contributed by atoms with Crippen LogP contribution >= 0.6 is 0 Å². The number of benzene rings is 1. The number of likely N-dealkylation sites (tertiary alicyclic amines) is 1. The molecular formula is C10H10N2O4. The first kappa shape index (κ1) is 10.4. The summed E-state index contributed by atoms with van der Waals surface area (Å²) < 4.78 is 0. The highest BCUT2D eigenvalue weighted by Crippen LogP contribution is 2.33. The zero-order valence-electron chi connectivity index (χ0n) is 8.37. The van der Waals surface area contributed by atoms with Crippen LogP contribution < -0.4 is 0 Å². The van der Waals surface area contributed by atoms with E-state index in [1.54, 1.807) is 12.1 Å². The second-order valence-electron chi connectivity index (χ2n) is 3.63. The van der Waals surface area contributed by atoms with Crippen LogP contribution in [0.5, 0.6) is 0 Å². The fourth-order valence-corrected chi connectivity index (χ4v) is 1.78. The van der Waals surface area contributed by atoms with Gasteiger partial charge in [-0.2, -0.15) is 0 Å². The lowest BCUT2D eigenvalue weighted by molar-refractivity contribution is -0.384. The fraction of sp³-hybridized carbons (Fsp3) is 0.300. The van der Waals surface area contributed by atoms with Crippen molar-refractivity contribution in [3.8, 4) is 0 Å². The molecule has 1 atom stereocenters. The standard InChI is InChI=1S/C10H10N2O4/c13-10(14)11-6-5-9(11)7-1-3-8(4-2-7)12(15)16/h1-4,9H,5-6H2,(H,13,14). The summed E-state index contributed by atoms with van der Waals surface area (Å²) in [6.07, 6.45) is -0.181. The van der Waals surface area contributed by atoms with Crippen molar-refractivity contribution in [2.45, 2.75) is 12.5 Å². The molecule has 84 valence electrons. The zero-order chi connectivity index (χ0) is 11.7. The maximum absolute atomic E-state index is 10.8. The van der Waals surface area contributed by atoms with E-state index in [-0.39, 0.29) is 11.7 Å². The highest BCUT2D eigenvalue weighted by atomic mass is 16.6. The van der Waals surface area contributed by atoms with Gasteiger partial charge in [0.15, 0.2) is 0 Å². The van der Waals surface area contributed by atoms with Crippen molar-refractivity contribution < 1.29 is 14.8 Å². The molecule has 16 heavy (non-hydrogen) atoms. The number of hydrogen-bond acceptors (Lipinski definition) is 3. The molecule has 0 aliphatic carbocycles. The molecule has 6 heteroatoms. The van der Waals surface area contributed by atoms with E-state index in [4.69, 9.17) is 5.11 Å². The van der Waals surface area contributed by atoms with E-state index in [9.17, 15) is 14.9 Å². The maximum Gasteiger partial charge on any atom is 0.407 e. The molecule has 1 unspecified atom stereocenters. The van der Waals surface area contributed by atoms with Crippen molar-refractivity contribution in [2.75, 3.05) is 6.54 Å². The quantitative estimate of drug-likeness (QED) is 0.612. The molecule has 1 aliphatic heterocycles. The number of carbonyl (C=O) groups is 1. The Morgan fingerprint density at radius 1 is 1.44 bits per heavy atom. The molecule has 1 aliphatic rings. The largest absolute Gasteiger partial charge is 0.465 e. The van der Waals surface area contributed by atoms with Gasteiger partial charge in [0.2, 0.25) is 0 Å². The molecule has 0 aromatic heterocycles. The number of nitrogens with zero attached hydrogens (tertiary/aromatic N) is 2. The van der Waals surface area contributed by atoms with E-state index in [0.29, 0.717) is 6.54 Å². The summed E-state index contributed by atoms with van der Waals surface area (Å²) in [5.74, 6) is 0. The molecule has 0 radical (unpaired) electrons. The molecule has 1 saturated heterocycles. The predicted octanol–water partition coefficient (Wildman–Crippen LogP) is 2.02. The van der Waals surface area contributed by atoms with Gasteiger partial charge in [-0.3, -0.25) is 10.1 Å². The third-order valence-corrected chi connectivity index (χ3v) is 2.75. The highest BCUT2D eigenvalue weighted by Gasteiger charge is 2.33. The molecular weight excluding hydrogens is 212 g/mol. The highest BCUT2D eigenvalue weighted by molar-refractivity contribution is 5.67. The summed E-state index contributed by atoms with van der Waals surface area (Å²) in [4.78, 5) is 22.0. The Balaban J connectivity index is 2.16. The Labute approximate surface area is 91.3 Å². The Kier molecular flexibility index (Phi) is 2.47. The number of rotatable bonds is 2. The summed E-state index contributed by atoms with van der Waals surface area (Å²) in [5.41, 5.74) is 0.823. The minimum Gasteiger partial charge on any atom is -0.465 e. The van der Waals surface area contributed by atoms with Crippen molar-refractivity contribution in [3.05, 3.63) is 39.9 Å². The van der Waals surface area contributed by atoms with Crippen molar-refractivity contribution >= 4 is 11.8 Å². The second kappa shape index (κ2) is 3.80. The SMILES string of the molecule is O=C(O)N1CCC1c1ccc([N+](=O)[O-])cc1. The van der Waals surface area contributed by atoms with Crippen LogP contribution in [0.3, 0.4) is 0 Å². The number of hydrogen-bond donors (Lipinski definition) is 1. The Bertz CT molecular complexity index is 429. The lowest BCUT2D eigenvalue weighted by Gasteiger charge is -2.38. The molecule has 1 aromatic carbocycles. The third-order valence-electron chi connectivity index (χ3n) is 2.75. The minimum atomic E-state index is -0.949. The van der Waals surface area contributed by atoms with E-state index in [2.05, 4.69) is 0 Å². The van der Waals surface area contributed by atoms with E-state index in [1.807, 2.05) is 0 Å². The van der Waals surface area contributed by atoms with Crippen molar-refractivity contribution in [1.29, 1.82) is 0 Å². The molecule has 1 fully saturated rings. The summed E-state index contributed by atoms with van der Waals surface area (Å²) in [6, 6.07) is 5.86. The number of nitro benzene ring substituents is 1. The molecule has 1 heterocycles. The van der Waals surface area contributed by atoms with Gasteiger partial charge >= 0.3 is 6.09 Å². The molecule has 0 saturated carbocycles. The van der Waals surface area contributed by atoms with Crippen LogP contribution in [0.15, 0.2) is 24.3 Å². The summed E-state index contributed by atoms with van der Waals surface area (Å²) in [5, 5.41) is 19.3. The van der Waals surface area contributed by atoms with Crippen molar-refractivity contribution in [1.82, 2.24) is 4.90 Å². The lowest BCUT2D eigenvalue weighted by Crippen LogP contribution is -2.44. The summed E-state index contributed by atoms with van der Waals surface area (Å²) >= 11 is 0. The van der Waals surface area contributed by atoms with E-state index >= 15 is 0 Å². The van der Waals surface area contributed by atoms with E-state index < -0.39 is 11.0 Å². The van der Waals surface area contributed by atoms with Crippen LogP contribution in [0, 0.1) is 10.1 Å². The van der Waals surface area contributed by atoms with E-state index in [1.165, 1.54) is 17.0 Å². The summed E-state index contributed by atoms with van der Waals surface area (Å²) in [7, 11) is 0. The van der Waals surface area contributed by atoms with Gasteiger partial charge in [-0.15, -0.1) is 0 Å². The molecule has 0 bridgehead atoms. The van der Waals surface area contributed by atoms with Crippen LogP contribution in [0.4, 0.5) is 10.5 Å². The minimum absolute atomic E-state index is 0.0185. The second-order valence-corrected chi connectivity index (χ2v) is 3.63. The van der Waals surface area contributed by atoms with Crippen LogP contribution in [0.25, 0.3) is 0 Å². The van der Waals surface area contributed by atoms with Crippen molar-refractivity contribution in [2.24, 2.45) is 0 Å². The fourth-order valence-electron chi connectivity index (χ4n) is 1.78. The number of amides is 1. The number of non-ortho nitro benzene ring substituents is 1. The van der Waals surface area contributed by atoms with Gasteiger partial charge in [-0.25, -0.2) is 4.79 Å². The predicted molar refractivity (Wildman–Crippen MR) is 55.2 cm³/mol. The van der Waals surface area contributed by atoms with Crippen LogP contribution in [0.1, 0.15) is 18.0 Å². The number of nitro groups is 1. The van der Waals surface area contributed by atoms with Gasteiger partial charge in [0.05, 0.1) is 11.0 Å². The monoisotopic (exact) mass is 222 g/mol. The molecule has 0 spiro atoms. The smallest absolute Gasteiger partial charge is 0.407 e. The van der Waals surface area contributed by atoms with Gasteiger partial charge in [0.1, 0.15) is 0 Å². The van der Waals surface area contributed by atoms with Gasteiger partial charge in [-0.1, -0.05) is 12.1 Å². The van der Waals surface area contributed by atoms with Gasteiger partial charge < -0.3 is 10.0 Å². The number of carboxylic acid groups (broad SMARTS) is 1. The molecule has 1 aromatic rings. The van der Waals surface area contributed by atoms with Gasteiger partial charge in [-0.05, 0) is 12.0 Å². The Morgan fingerprint density at radius 3 is 2.44 bits per heavy atom. The Hall–Kier alpha value is -2.11. The maximum atomic E-state index is 10.8. The van der Waals surface area contributed by atoms with Gasteiger partial charge in [0, 0.05) is 18.7 Å². The molecule has 6 nitrogen and oxygen atoms in total. The van der Waals surface area contributed by atoms with E-state index in [0.717, 1.165) is 12.0 Å². The average Bonchev–Trinajstić information content (AvgIpc) is 2.15. The van der Waals surface area contributed by atoms with Crippen LogP contribution in [-0.4, -0.2) is 27.6 Å². The van der Waals surface area contributed by atoms with Crippen LogP contribution in [0.2, 0.25) is 0 Å². The van der Waals surface area contributed by atoms with Crippen LogP contribution in [-0.2, 0) is 0 Å². The Morgan fingerprint density at radius 2 is 2.06 bits per heavy atom.